The molecule has 4 heteroatoms. The standard InChI is InChI=1S/C23H32N2O2/c26-22(25-11-3-4-12-25)20-17-23(21-6-2-1-5-19(20)21)9-13-24(14-10-23)18-7-15-27-16-8-18/h1-2,5-6,18,20H,3-4,7-17H2. The molecule has 5 rings (SSSR count). The van der Waals surface area contributed by atoms with E-state index in [9.17, 15) is 4.79 Å². The van der Waals surface area contributed by atoms with E-state index < -0.39 is 0 Å². The Kier molecular flexibility index (Phi) is 4.73. The average Bonchev–Trinajstić information content (AvgIpc) is 3.37. The van der Waals surface area contributed by atoms with Crippen molar-refractivity contribution in [1.29, 1.82) is 0 Å². The monoisotopic (exact) mass is 368 g/mol. The summed E-state index contributed by atoms with van der Waals surface area (Å²) in [7, 11) is 0. The third-order valence-electron chi connectivity index (χ3n) is 7.68. The van der Waals surface area contributed by atoms with Gasteiger partial charge < -0.3 is 14.5 Å². The van der Waals surface area contributed by atoms with Gasteiger partial charge in [-0.3, -0.25) is 4.79 Å². The van der Waals surface area contributed by atoms with Crippen molar-refractivity contribution in [1.82, 2.24) is 9.80 Å². The van der Waals surface area contributed by atoms with Crippen molar-refractivity contribution >= 4 is 5.91 Å². The maximum atomic E-state index is 13.2. The summed E-state index contributed by atoms with van der Waals surface area (Å²) >= 11 is 0. The van der Waals surface area contributed by atoms with Crippen molar-refractivity contribution < 1.29 is 9.53 Å². The highest BCUT2D eigenvalue weighted by Gasteiger charge is 2.48. The second-order valence-corrected chi connectivity index (χ2v) is 9.04. The first-order chi connectivity index (χ1) is 13.3. The number of hydrogen-bond donors (Lipinski definition) is 0. The quantitative estimate of drug-likeness (QED) is 0.803. The minimum absolute atomic E-state index is 0.0916. The van der Waals surface area contributed by atoms with Crippen molar-refractivity contribution in [2.24, 2.45) is 0 Å². The smallest absolute Gasteiger partial charge is 0.230 e. The lowest BCUT2D eigenvalue weighted by molar-refractivity contribution is -0.132. The molecule has 1 unspecified atom stereocenters. The number of hydrogen-bond acceptors (Lipinski definition) is 3. The van der Waals surface area contributed by atoms with E-state index in [-0.39, 0.29) is 11.3 Å². The molecule has 1 aromatic carbocycles. The van der Waals surface area contributed by atoms with Gasteiger partial charge in [0.2, 0.25) is 5.91 Å². The van der Waals surface area contributed by atoms with Crippen LogP contribution < -0.4 is 0 Å². The van der Waals surface area contributed by atoms with Gasteiger partial charge in [0.05, 0.1) is 5.92 Å². The summed E-state index contributed by atoms with van der Waals surface area (Å²) in [6, 6.07) is 9.55. The molecule has 3 aliphatic heterocycles. The van der Waals surface area contributed by atoms with Gasteiger partial charge >= 0.3 is 0 Å². The number of amides is 1. The van der Waals surface area contributed by atoms with E-state index in [2.05, 4.69) is 34.1 Å². The molecule has 4 nitrogen and oxygen atoms in total. The zero-order valence-corrected chi connectivity index (χ0v) is 16.4. The van der Waals surface area contributed by atoms with Crippen LogP contribution >= 0.6 is 0 Å². The van der Waals surface area contributed by atoms with Crippen LogP contribution in [-0.4, -0.2) is 61.1 Å². The first-order valence-electron chi connectivity index (χ1n) is 11.0. The topological polar surface area (TPSA) is 32.8 Å². The molecule has 1 amide bonds. The van der Waals surface area contributed by atoms with Gasteiger partial charge in [-0.2, -0.15) is 0 Å². The highest BCUT2D eigenvalue weighted by Crippen LogP contribution is 2.52. The zero-order valence-electron chi connectivity index (χ0n) is 16.4. The molecule has 0 radical (unpaired) electrons. The Morgan fingerprint density at radius 1 is 1.00 bits per heavy atom. The molecule has 4 aliphatic rings. The summed E-state index contributed by atoms with van der Waals surface area (Å²) in [5.41, 5.74) is 3.03. The normalized spacial score (nSPS) is 28.6. The van der Waals surface area contributed by atoms with Gasteiger partial charge in [0.25, 0.3) is 0 Å². The molecule has 1 aromatic rings. The van der Waals surface area contributed by atoms with Gasteiger partial charge in [-0.25, -0.2) is 0 Å². The van der Waals surface area contributed by atoms with Gasteiger partial charge in [-0.1, -0.05) is 24.3 Å². The van der Waals surface area contributed by atoms with Crippen molar-refractivity contribution in [3.63, 3.8) is 0 Å². The molecule has 146 valence electrons. The van der Waals surface area contributed by atoms with E-state index in [1.54, 1.807) is 0 Å². The van der Waals surface area contributed by atoms with Crippen LogP contribution in [0.15, 0.2) is 24.3 Å². The largest absolute Gasteiger partial charge is 0.381 e. The SMILES string of the molecule is O=C(C1CC2(CCN(C3CCOCC3)CC2)c2ccccc21)N1CCCC1. The van der Waals surface area contributed by atoms with E-state index in [4.69, 9.17) is 4.74 Å². The number of benzene rings is 1. The average molecular weight is 369 g/mol. The molecule has 0 bridgehead atoms. The Bertz CT molecular complexity index is 683. The van der Waals surface area contributed by atoms with E-state index in [1.807, 2.05) is 0 Å². The van der Waals surface area contributed by atoms with Crippen LogP contribution in [0.2, 0.25) is 0 Å². The minimum Gasteiger partial charge on any atom is -0.381 e. The fourth-order valence-electron chi connectivity index (χ4n) is 6.11. The lowest BCUT2D eigenvalue weighted by Gasteiger charge is -2.44. The Morgan fingerprint density at radius 2 is 1.70 bits per heavy atom. The Morgan fingerprint density at radius 3 is 2.44 bits per heavy atom. The van der Waals surface area contributed by atoms with Crippen LogP contribution in [0.3, 0.4) is 0 Å². The van der Waals surface area contributed by atoms with Crippen LogP contribution in [-0.2, 0) is 14.9 Å². The summed E-state index contributed by atoms with van der Waals surface area (Å²) < 4.78 is 5.55. The molecular formula is C23H32N2O2. The zero-order chi connectivity index (χ0) is 18.3. The summed E-state index contributed by atoms with van der Waals surface area (Å²) in [5, 5.41) is 0. The molecule has 3 heterocycles. The number of nitrogens with zero attached hydrogens (tertiary/aromatic N) is 2. The van der Waals surface area contributed by atoms with Crippen molar-refractivity contribution in [3.05, 3.63) is 35.4 Å². The van der Waals surface area contributed by atoms with E-state index >= 15 is 0 Å². The van der Waals surface area contributed by atoms with Crippen molar-refractivity contribution in [2.45, 2.75) is 62.3 Å². The van der Waals surface area contributed by atoms with Crippen LogP contribution in [0, 0.1) is 0 Å². The number of piperidine rings is 1. The fourth-order valence-corrected chi connectivity index (χ4v) is 6.11. The molecule has 1 aliphatic carbocycles. The van der Waals surface area contributed by atoms with Gasteiger partial charge in [-0.05, 0) is 74.6 Å². The Balaban J connectivity index is 1.35. The van der Waals surface area contributed by atoms with Gasteiger partial charge in [-0.15, -0.1) is 0 Å². The van der Waals surface area contributed by atoms with E-state index in [0.29, 0.717) is 11.9 Å². The Labute approximate surface area is 162 Å². The second kappa shape index (κ2) is 7.21. The molecule has 3 fully saturated rings. The highest BCUT2D eigenvalue weighted by molar-refractivity contribution is 5.86. The molecule has 1 atom stereocenters. The summed E-state index contributed by atoms with van der Waals surface area (Å²) in [6.45, 7) is 6.10. The summed E-state index contributed by atoms with van der Waals surface area (Å²) in [4.78, 5) is 18.1. The Hall–Kier alpha value is -1.39. The number of likely N-dealkylation sites (tertiary alicyclic amines) is 2. The van der Waals surface area contributed by atoms with Crippen LogP contribution in [0.4, 0.5) is 0 Å². The molecule has 3 saturated heterocycles. The number of rotatable bonds is 2. The maximum absolute atomic E-state index is 13.2. The van der Waals surface area contributed by atoms with Gasteiger partial charge in [0.15, 0.2) is 0 Å². The lowest BCUT2D eigenvalue weighted by atomic mass is 9.73. The van der Waals surface area contributed by atoms with E-state index in [0.717, 1.165) is 32.7 Å². The number of carbonyl (C=O) groups is 1. The number of fused-ring (bicyclic) bond motifs is 2. The third kappa shape index (κ3) is 3.11. The van der Waals surface area contributed by atoms with E-state index in [1.165, 1.54) is 62.7 Å². The molecular weight excluding hydrogens is 336 g/mol. The molecule has 1 spiro atoms. The van der Waals surface area contributed by atoms with Gasteiger partial charge in [0.1, 0.15) is 0 Å². The number of ether oxygens (including phenoxy) is 1. The molecule has 27 heavy (non-hydrogen) atoms. The minimum atomic E-state index is 0.0916. The fraction of sp³-hybridized carbons (Fsp3) is 0.696. The van der Waals surface area contributed by atoms with Crippen LogP contribution in [0.5, 0.6) is 0 Å². The highest BCUT2D eigenvalue weighted by atomic mass is 16.5. The van der Waals surface area contributed by atoms with Crippen LogP contribution in [0.1, 0.15) is 62.0 Å². The molecule has 0 aromatic heterocycles. The van der Waals surface area contributed by atoms with Crippen molar-refractivity contribution in [2.75, 3.05) is 39.4 Å². The summed E-state index contributed by atoms with van der Waals surface area (Å²) in [6.07, 6.45) is 8.13. The predicted octanol–water partition coefficient (Wildman–Crippen LogP) is 3.31. The van der Waals surface area contributed by atoms with Gasteiger partial charge in [0, 0.05) is 32.3 Å². The predicted molar refractivity (Wildman–Crippen MR) is 106 cm³/mol. The molecule has 0 saturated carbocycles. The molecule has 0 N–H and O–H groups in total. The lowest BCUT2D eigenvalue weighted by Crippen LogP contribution is -2.48. The first kappa shape index (κ1) is 17.7. The summed E-state index contributed by atoms with van der Waals surface area (Å²) in [5.74, 6) is 0.484. The van der Waals surface area contributed by atoms with Crippen LogP contribution in [0.25, 0.3) is 0 Å². The van der Waals surface area contributed by atoms with Crippen molar-refractivity contribution in [3.8, 4) is 0 Å². The number of carbonyl (C=O) groups excluding carboxylic acids is 1. The maximum Gasteiger partial charge on any atom is 0.230 e. The first-order valence-corrected chi connectivity index (χ1v) is 11.0. The second-order valence-electron chi connectivity index (χ2n) is 9.04. The third-order valence-corrected chi connectivity index (χ3v) is 7.68.